The average Bonchev–Trinajstić information content (AvgIpc) is 2.72. The fourth-order valence-corrected chi connectivity index (χ4v) is 6.28. The van der Waals surface area contributed by atoms with Gasteiger partial charge in [0.25, 0.3) is 0 Å². The zero-order valence-corrected chi connectivity index (χ0v) is 17.1. The minimum atomic E-state index is -0.240. The monoisotopic (exact) mass is 395 g/mol. The molecule has 0 atom stereocenters. The van der Waals surface area contributed by atoms with E-state index in [9.17, 15) is 4.39 Å². The molecule has 0 unspecified atom stereocenters. The maximum atomic E-state index is 14.0. The summed E-state index contributed by atoms with van der Waals surface area (Å²) in [4.78, 5) is 0. The molecular weight excluding hydrogens is 365 g/mol. The Morgan fingerprint density at radius 3 is 2.28 bits per heavy atom. The van der Waals surface area contributed by atoms with Crippen molar-refractivity contribution in [2.75, 3.05) is 7.11 Å². The van der Waals surface area contributed by atoms with E-state index in [-0.39, 0.29) is 12.4 Å². The second kappa shape index (κ2) is 7.98. The maximum Gasteiger partial charge on any atom is 0.166 e. The summed E-state index contributed by atoms with van der Waals surface area (Å²) in [6, 6.07) is 13.4. The normalized spacial score (nSPS) is 29.8. The third-order valence-electron chi connectivity index (χ3n) is 7.37. The Morgan fingerprint density at radius 2 is 1.59 bits per heavy atom. The predicted molar refractivity (Wildman–Crippen MR) is 111 cm³/mol. The lowest BCUT2D eigenvalue weighted by Crippen LogP contribution is -2.54. The summed E-state index contributed by atoms with van der Waals surface area (Å²) in [5, 5.41) is 3.87. The molecule has 0 radical (unpaired) electrons. The standard InChI is InChI=1S/C25H30FNO2/c1-28-23-8-4-6-18(25(23)29-15-19-5-2-3-7-22(19)26)14-27-24-20-10-16-9-17(12-20)13-21(24)11-16/h2-8,16-17,20-21,24,27H,9-15H2,1H3. The van der Waals surface area contributed by atoms with Crippen molar-refractivity contribution in [2.24, 2.45) is 23.7 Å². The SMILES string of the molecule is COc1cccc(CNC2C3CC4CC(C3)CC2C4)c1OCc1ccccc1F. The van der Waals surface area contributed by atoms with Gasteiger partial charge in [0.05, 0.1) is 7.11 Å². The summed E-state index contributed by atoms with van der Waals surface area (Å²) in [5.41, 5.74) is 1.63. The smallest absolute Gasteiger partial charge is 0.166 e. The van der Waals surface area contributed by atoms with Gasteiger partial charge in [-0.2, -0.15) is 0 Å². The summed E-state index contributed by atoms with van der Waals surface area (Å²) < 4.78 is 25.6. The summed E-state index contributed by atoms with van der Waals surface area (Å²) in [6.07, 6.45) is 7.08. The molecule has 4 aliphatic rings. The number of rotatable bonds is 7. The molecule has 4 saturated carbocycles. The van der Waals surface area contributed by atoms with E-state index < -0.39 is 0 Å². The first-order chi connectivity index (χ1) is 14.2. The molecule has 0 aliphatic heterocycles. The number of hydrogen-bond donors (Lipinski definition) is 1. The molecule has 2 aromatic carbocycles. The number of methoxy groups -OCH3 is 1. The van der Waals surface area contributed by atoms with Crippen molar-refractivity contribution >= 4 is 0 Å². The minimum absolute atomic E-state index is 0.193. The van der Waals surface area contributed by atoms with E-state index in [4.69, 9.17) is 9.47 Å². The molecule has 154 valence electrons. The molecule has 3 nitrogen and oxygen atoms in total. The highest BCUT2D eigenvalue weighted by Gasteiger charge is 2.47. The predicted octanol–water partition coefficient (Wildman–Crippen LogP) is 5.33. The molecule has 6 rings (SSSR count). The lowest BCUT2D eigenvalue weighted by molar-refractivity contribution is -0.0143. The molecule has 0 aromatic heterocycles. The number of nitrogens with one attached hydrogen (secondary N) is 1. The molecule has 4 bridgehead atoms. The molecule has 0 amide bonds. The van der Waals surface area contributed by atoms with Crippen molar-refractivity contribution in [2.45, 2.75) is 51.3 Å². The zero-order valence-electron chi connectivity index (χ0n) is 17.1. The van der Waals surface area contributed by atoms with Crippen LogP contribution in [0.25, 0.3) is 0 Å². The largest absolute Gasteiger partial charge is 0.493 e. The summed E-state index contributed by atoms with van der Waals surface area (Å²) in [7, 11) is 1.65. The van der Waals surface area contributed by atoms with Crippen LogP contribution in [0, 0.1) is 29.5 Å². The first-order valence-corrected chi connectivity index (χ1v) is 11.0. The first kappa shape index (κ1) is 18.9. The Morgan fingerprint density at radius 1 is 0.897 bits per heavy atom. The second-order valence-electron chi connectivity index (χ2n) is 9.17. The van der Waals surface area contributed by atoms with E-state index in [1.54, 1.807) is 19.2 Å². The van der Waals surface area contributed by atoms with Crippen LogP contribution >= 0.6 is 0 Å². The Labute approximate surface area is 172 Å². The molecule has 4 aliphatic carbocycles. The lowest BCUT2D eigenvalue weighted by atomic mass is 9.54. The number of halogens is 1. The van der Waals surface area contributed by atoms with Gasteiger partial charge in [0.15, 0.2) is 11.5 Å². The van der Waals surface area contributed by atoms with Gasteiger partial charge >= 0.3 is 0 Å². The van der Waals surface area contributed by atoms with Crippen LogP contribution in [-0.2, 0) is 13.2 Å². The van der Waals surface area contributed by atoms with Crippen LogP contribution in [0.2, 0.25) is 0 Å². The van der Waals surface area contributed by atoms with E-state index in [1.807, 2.05) is 18.2 Å². The molecule has 0 saturated heterocycles. The van der Waals surface area contributed by atoms with Crippen LogP contribution < -0.4 is 14.8 Å². The third-order valence-corrected chi connectivity index (χ3v) is 7.37. The Kier molecular flexibility index (Phi) is 5.21. The summed E-state index contributed by atoms with van der Waals surface area (Å²) in [5.74, 6) is 4.80. The van der Waals surface area contributed by atoms with Crippen molar-refractivity contribution in [1.29, 1.82) is 0 Å². The van der Waals surface area contributed by atoms with Crippen molar-refractivity contribution in [1.82, 2.24) is 5.32 Å². The zero-order chi connectivity index (χ0) is 19.8. The molecule has 2 aromatic rings. The van der Waals surface area contributed by atoms with Gasteiger partial charge in [0, 0.05) is 23.7 Å². The van der Waals surface area contributed by atoms with Crippen molar-refractivity contribution in [3.8, 4) is 11.5 Å². The topological polar surface area (TPSA) is 30.5 Å². The Hall–Kier alpha value is -2.07. The maximum absolute atomic E-state index is 14.0. The number of ether oxygens (including phenoxy) is 2. The highest BCUT2D eigenvalue weighted by Crippen LogP contribution is 2.53. The molecule has 4 fully saturated rings. The fraction of sp³-hybridized carbons (Fsp3) is 0.520. The molecule has 4 heteroatoms. The molecule has 0 spiro atoms. The van der Waals surface area contributed by atoms with Crippen LogP contribution in [0.15, 0.2) is 42.5 Å². The summed E-state index contributed by atoms with van der Waals surface area (Å²) >= 11 is 0. The van der Waals surface area contributed by atoms with E-state index in [0.29, 0.717) is 17.4 Å². The van der Waals surface area contributed by atoms with Gasteiger partial charge in [-0.05, 0) is 67.9 Å². The number of para-hydroxylation sites is 1. The van der Waals surface area contributed by atoms with E-state index in [0.717, 1.165) is 41.5 Å². The van der Waals surface area contributed by atoms with Crippen LogP contribution in [-0.4, -0.2) is 13.2 Å². The van der Waals surface area contributed by atoms with Gasteiger partial charge in [-0.15, -0.1) is 0 Å². The van der Waals surface area contributed by atoms with Crippen LogP contribution in [0.4, 0.5) is 4.39 Å². The minimum Gasteiger partial charge on any atom is -0.493 e. The third kappa shape index (κ3) is 3.75. The summed E-state index contributed by atoms with van der Waals surface area (Å²) in [6.45, 7) is 0.953. The Balaban J connectivity index is 1.30. The van der Waals surface area contributed by atoms with Gasteiger partial charge in [-0.25, -0.2) is 4.39 Å². The molecule has 29 heavy (non-hydrogen) atoms. The highest BCUT2D eigenvalue weighted by molar-refractivity contribution is 5.46. The number of benzene rings is 2. The van der Waals surface area contributed by atoms with Crippen LogP contribution in [0.5, 0.6) is 11.5 Å². The molecule has 0 heterocycles. The van der Waals surface area contributed by atoms with Crippen molar-refractivity contribution < 1.29 is 13.9 Å². The van der Waals surface area contributed by atoms with E-state index in [1.165, 1.54) is 38.2 Å². The quantitative estimate of drug-likeness (QED) is 0.688. The first-order valence-electron chi connectivity index (χ1n) is 11.0. The second-order valence-corrected chi connectivity index (χ2v) is 9.17. The van der Waals surface area contributed by atoms with Gasteiger partial charge < -0.3 is 14.8 Å². The highest BCUT2D eigenvalue weighted by atomic mass is 19.1. The van der Waals surface area contributed by atoms with Gasteiger partial charge in [0.2, 0.25) is 0 Å². The van der Waals surface area contributed by atoms with Gasteiger partial charge in [0.1, 0.15) is 12.4 Å². The van der Waals surface area contributed by atoms with Crippen LogP contribution in [0.3, 0.4) is 0 Å². The Bertz CT molecular complexity index is 840. The lowest BCUT2D eigenvalue weighted by Gasteiger charge is -2.54. The molecule has 1 N–H and O–H groups in total. The van der Waals surface area contributed by atoms with Gasteiger partial charge in [-0.3, -0.25) is 0 Å². The van der Waals surface area contributed by atoms with Crippen LogP contribution in [0.1, 0.15) is 43.2 Å². The number of hydrogen-bond acceptors (Lipinski definition) is 3. The van der Waals surface area contributed by atoms with E-state index in [2.05, 4.69) is 11.4 Å². The van der Waals surface area contributed by atoms with E-state index >= 15 is 0 Å². The van der Waals surface area contributed by atoms with Crippen molar-refractivity contribution in [3.05, 3.63) is 59.4 Å². The average molecular weight is 396 g/mol. The fourth-order valence-electron chi connectivity index (χ4n) is 6.28. The molecular formula is C25H30FNO2. The van der Waals surface area contributed by atoms with Gasteiger partial charge in [-0.1, -0.05) is 30.3 Å². The van der Waals surface area contributed by atoms with Crippen molar-refractivity contribution in [3.63, 3.8) is 0 Å².